The van der Waals surface area contributed by atoms with Crippen LogP contribution in [0.3, 0.4) is 0 Å². The highest BCUT2D eigenvalue weighted by Gasteiger charge is 2.47. The van der Waals surface area contributed by atoms with Crippen molar-refractivity contribution in [3.05, 3.63) is 64.6 Å². The van der Waals surface area contributed by atoms with Crippen molar-refractivity contribution in [2.45, 2.75) is 19.9 Å². The van der Waals surface area contributed by atoms with Gasteiger partial charge in [-0.05, 0) is 37.6 Å². The van der Waals surface area contributed by atoms with Crippen molar-refractivity contribution in [2.75, 3.05) is 39.4 Å². The van der Waals surface area contributed by atoms with Gasteiger partial charge in [0, 0.05) is 31.7 Å². The second kappa shape index (κ2) is 8.45. The average Bonchev–Trinajstić information content (AvgIpc) is 3.36. The Morgan fingerprint density at radius 3 is 2.60 bits per heavy atom. The summed E-state index contributed by atoms with van der Waals surface area (Å²) in [5.74, 6) is -0.999. The van der Waals surface area contributed by atoms with Crippen molar-refractivity contribution in [2.24, 2.45) is 0 Å². The number of ketones is 1. The maximum absolute atomic E-state index is 13.0. The number of nitrogens with zero attached hydrogens (tertiary/aromatic N) is 2. The van der Waals surface area contributed by atoms with E-state index in [1.165, 1.54) is 11.2 Å². The molecule has 0 bridgehead atoms. The molecule has 1 atom stereocenters. The molecule has 0 spiro atoms. The number of hydrogen-bond donors (Lipinski definition) is 1. The lowest BCUT2D eigenvalue weighted by atomic mass is 9.96. The molecule has 2 aliphatic rings. The second-order valence-corrected chi connectivity index (χ2v) is 7.78. The van der Waals surface area contributed by atoms with Crippen molar-refractivity contribution in [3.63, 3.8) is 0 Å². The van der Waals surface area contributed by atoms with Crippen molar-refractivity contribution in [1.82, 2.24) is 9.80 Å². The number of carbonyl (C=O) groups excluding carboxylic acids is 2. The quantitative estimate of drug-likeness (QED) is 0.464. The molecule has 0 radical (unpaired) electrons. The zero-order valence-electron chi connectivity index (χ0n) is 17.3. The number of furan rings is 1. The van der Waals surface area contributed by atoms with Gasteiger partial charge in [0.05, 0.1) is 25.1 Å². The SMILES string of the molecule is Cc1ccc(C)c(C(O)=C2C(=O)C(=O)N(CCN3CCOCC3)C2c2ccco2)c1. The lowest BCUT2D eigenvalue weighted by Gasteiger charge is -2.30. The number of aliphatic hydroxyl groups is 1. The highest BCUT2D eigenvalue weighted by atomic mass is 16.5. The van der Waals surface area contributed by atoms with Crippen LogP contribution in [0.2, 0.25) is 0 Å². The molecular weight excluding hydrogens is 384 g/mol. The third-order valence-corrected chi connectivity index (χ3v) is 5.76. The molecule has 1 aromatic heterocycles. The van der Waals surface area contributed by atoms with E-state index in [1.807, 2.05) is 32.0 Å². The molecule has 1 aromatic carbocycles. The molecule has 2 saturated heterocycles. The molecule has 1 unspecified atom stereocenters. The summed E-state index contributed by atoms with van der Waals surface area (Å²) >= 11 is 0. The molecule has 7 nitrogen and oxygen atoms in total. The Balaban J connectivity index is 1.73. The Hall–Kier alpha value is -2.90. The lowest BCUT2D eigenvalue weighted by Crippen LogP contribution is -2.42. The number of aliphatic hydroxyl groups excluding tert-OH is 1. The van der Waals surface area contributed by atoms with Crippen LogP contribution in [0, 0.1) is 13.8 Å². The minimum Gasteiger partial charge on any atom is -0.507 e. The molecule has 4 rings (SSSR count). The van der Waals surface area contributed by atoms with Gasteiger partial charge in [-0.15, -0.1) is 0 Å². The first-order valence-electron chi connectivity index (χ1n) is 10.2. The fourth-order valence-corrected chi connectivity index (χ4v) is 4.06. The zero-order valence-corrected chi connectivity index (χ0v) is 17.3. The molecular formula is C23H26N2O5. The van der Waals surface area contributed by atoms with E-state index in [4.69, 9.17) is 9.15 Å². The van der Waals surface area contributed by atoms with Gasteiger partial charge < -0.3 is 19.2 Å². The highest BCUT2D eigenvalue weighted by molar-refractivity contribution is 6.46. The molecule has 3 heterocycles. The summed E-state index contributed by atoms with van der Waals surface area (Å²) in [5.41, 5.74) is 2.41. The predicted molar refractivity (Wildman–Crippen MR) is 111 cm³/mol. The summed E-state index contributed by atoms with van der Waals surface area (Å²) < 4.78 is 11.0. The number of hydrogen-bond acceptors (Lipinski definition) is 6. The van der Waals surface area contributed by atoms with E-state index < -0.39 is 17.7 Å². The van der Waals surface area contributed by atoms with Gasteiger partial charge >= 0.3 is 0 Å². The number of Topliss-reactive ketones (excluding diaryl/α,β-unsaturated/α-hetero) is 1. The van der Waals surface area contributed by atoms with Crippen LogP contribution in [0.15, 0.2) is 46.6 Å². The number of morpholine rings is 1. The van der Waals surface area contributed by atoms with Gasteiger partial charge in [0.1, 0.15) is 17.6 Å². The van der Waals surface area contributed by atoms with Gasteiger partial charge in [-0.25, -0.2) is 0 Å². The van der Waals surface area contributed by atoms with Crippen LogP contribution in [-0.4, -0.2) is 66.0 Å². The Kier molecular flexibility index (Phi) is 5.74. The third kappa shape index (κ3) is 3.78. The molecule has 0 aliphatic carbocycles. The first kappa shape index (κ1) is 20.4. The molecule has 30 heavy (non-hydrogen) atoms. The summed E-state index contributed by atoms with van der Waals surface area (Å²) in [6.45, 7) is 7.67. The highest BCUT2D eigenvalue weighted by Crippen LogP contribution is 2.40. The van der Waals surface area contributed by atoms with Crippen LogP contribution >= 0.6 is 0 Å². The number of carbonyl (C=O) groups is 2. The van der Waals surface area contributed by atoms with Gasteiger partial charge in [-0.2, -0.15) is 0 Å². The third-order valence-electron chi connectivity index (χ3n) is 5.76. The predicted octanol–water partition coefficient (Wildman–Crippen LogP) is 2.65. The van der Waals surface area contributed by atoms with Crippen LogP contribution in [0.1, 0.15) is 28.5 Å². The number of ether oxygens (including phenoxy) is 1. The summed E-state index contributed by atoms with van der Waals surface area (Å²) in [5, 5.41) is 11.1. The van der Waals surface area contributed by atoms with Crippen LogP contribution in [0.4, 0.5) is 0 Å². The van der Waals surface area contributed by atoms with Gasteiger partial charge in [0.25, 0.3) is 11.7 Å². The van der Waals surface area contributed by atoms with Crippen molar-refractivity contribution in [1.29, 1.82) is 0 Å². The van der Waals surface area contributed by atoms with Gasteiger partial charge in [0.2, 0.25) is 0 Å². The van der Waals surface area contributed by atoms with E-state index in [2.05, 4.69) is 4.90 Å². The average molecular weight is 410 g/mol. The van der Waals surface area contributed by atoms with Gasteiger partial charge in [-0.1, -0.05) is 17.7 Å². The first-order valence-corrected chi connectivity index (χ1v) is 10.2. The second-order valence-electron chi connectivity index (χ2n) is 7.78. The van der Waals surface area contributed by atoms with Crippen LogP contribution < -0.4 is 0 Å². The smallest absolute Gasteiger partial charge is 0.295 e. The zero-order chi connectivity index (χ0) is 21.3. The first-order chi connectivity index (χ1) is 14.5. The fourth-order valence-electron chi connectivity index (χ4n) is 4.06. The van der Waals surface area contributed by atoms with Crippen LogP contribution in [0.5, 0.6) is 0 Å². The molecule has 158 valence electrons. The number of likely N-dealkylation sites (tertiary alicyclic amines) is 1. The number of benzene rings is 1. The number of aryl methyl sites for hydroxylation is 2. The normalized spacial score (nSPS) is 22.1. The number of rotatable bonds is 5. The maximum atomic E-state index is 13.0. The fraction of sp³-hybridized carbons (Fsp3) is 0.391. The minimum atomic E-state index is -0.749. The molecule has 1 N–H and O–H groups in total. The molecule has 7 heteroatoms. The Bertz CT molecular complexity index is 973. The monoisotopic (exact) mass is 410 g/mol. The van der Waals surface area contributed by atoms with E-state index in [0.29, 0.717) is 37.6 Å². The van der Waals surface area contributed by atoms with Crippen molar-refractivity contribution >= 4 is 17.4 Å². The molecule has 2 fully saturated rings. The molecule has 2 aromatic rings. The van der Waals surface area contributed by atoms with E-state index >= 15 is 0 Å². The van der Waals surface area contributed by atoms with Gasteiger partial charge in [-0.3, -0.25) is 14.5 Å². The van der Waals surface area contributed by atoms with Crippen LogP contribution in [0.25, 0.3) is 5.76 Å². The summed E-state index contributed by atoms with van der Waals surface area (Å²) in [6, 6.07) is 8.35. The van der Waals surface area contributed by atoms with Crippen LogP contribution in [-0.2, 0) is 14.3 Å². The molecule has 1 amide bonds. The van der Waals surface area contributed by atoms with Crippen molar-refractivity contribution in [3.8, 4) is 0 Å². The Morgan fingerprint density at radius 1 is 1.13 bits per heavy atom. The Labute approximate surface area is 175 Å². The topological polar surface area (TPSA) is 83.2 Å². The van der Waals surface area contributed by atoms with E-state index in [-0.39, 0.29) is 11.3 Å². The van der Waals surface area contributed by atoms with E-state index in [9.17, 15) is 14.7 Å². The largest absolute Gasteiger partial charge is 0.507 e. The summed E-state index contributed by atoms with van der Waals surface area (Å²) in [6.07, 6.45) is 1.51. The summed E-state index contributed by atoms with van der Waals surface area (Å²) in [4.78, 5) is 29.6. The standard InChI is InChI=1S/C23H26N2O5/c1-15-5-6-16(2)17(14-15)21(26)19-20(18-4-3-11-30-18)25(23(28)22(19)27)8-7-24-9-12-29-13-10-24/h3-6,11,14,20,26H,7-10,12-13H2,1-2H3. The van der Waals surface area contributed by atoms with E-state index in [1.54, 1.807) is 12.1 Å². The lowest BCUT2D eigenvalue weighted by molar-refractivity contribution is -0.140. The van der Waals surface area contributed by atoms with E-state index in [0.717, 1.165) is 24.2 Å². The molecule has 2 aliphatic heterocycles. The van der Waals surface area contributed by atoms with Crippen molar-refractivity contribution < 1.29 is 23.8 Å². The molecule has 0 saturated carbocycles. The van der Waals surface area contributed by atoms with Gasteiger partial charge in [0.15, 0.2) is 0 Å². The number of amides is 1. The Morgan fingerprint density at radius 2 is 1.90 bits per heavy atom. The minimum absolute atomic E-state index is 0.0747. The summed E-state index contributed by atoms with van der Waals surface area (Å²) in [7, 11) is 0. The maximum Gasteiger partial charge on any atom is 0.295 e.